The highest BCUT2D eigenvalue weighted by Crippen LogP contribution is 2.34. The summed E-state index contributed by atoms with van der Waals surface area (Å²) in [5.74, 6) is -0.487. The van der Waals surface area contributed by atoms with E-state index < -0.39 is 11.8 Å². The number of hydrogen-bond acceptors (Lipinski definition) is 4. The van der Waals surface area contributed by atoms with Crippen molar-refractivity contribution in [2.24, 2.45) is 0 Å². The summed E-state index contributed by atoms with van der Waals surface area (Å²) in [6.45, 7) is 2.46. The monoisotopic (exact) mass is 401 g/mol. The van der Waals surface area contributed by atoms with Gasteiger partial charge in [-0.15, -0.1) is 0 Å². The molecule has 5 nitrogen and oxygen atoms in total. The van der Waals surface area contributed by atoms with Crippen molar-refractivity contribution in [1.82, 2.24) is 5.32 Å². The second-order valence-electron chi connectivity index (χ2n) is 5.35. The highest BCUT2D eigenvalue weighted by Gasteiger charge is 2.13. The van der Waals surface area contributed by atoms with Crippen LogP contribution in [0.2, 0.25) is 10.0 Å². The number of carboxylic acids is 1. The summed E-state index contributed by atoms with van der Waals surface area (Å²) in [4.78, 5) is 10.6. The maximum Gasteiger partial charge on any atom is 0.317 e. The Morgan fingerprint density at radius 3 is 2.46 bits per heavy atom. The van der Waals surface area contributed by atoms with Crippen LogP contribution in [0.1, 0.15) is 18.1 Å². The van der Waals surface area contributed by atoms with Crippen LogP contribution in [0.5, 0.6) is 11.5 Å². The fourth-order valence-electron chi connectivity index (χ4n) is 2.19. The quantitative estimate of drug-likeness (QED) is 0.655. The van der Waals surface area contributed by atoms with E-state index in [4.69, 9.17) is 37.8 Å². The smallest absolute Gasteiger partial charge is 0.317 e. The lowest BCUT2D eigenvalue weighted by Gasteiger charge is -2.15. The summed E-state index contributed by atoms with van der Waals surface area (Å²) in [7, 11) is 0. The van der Waals surface area contributed by atoms with Crippen LogP contribution in [-0.2, 0) is 17.9 Å². The molecule has 0 aromatic heterocycles. The number of nitrogens with one attached hydrogen (secondary N) is 1. The molecule has 8 heteroatoms. The van der Waals surface area contributed by atoms with E-state index in [2.05, 4.69) is 5.32 Å². The van der Waals surface area contributed by atoms with Gasteiger partial charge in [0.05, 0.1) is 18.2 Å². The SMILES string of the molecule is CCOc1cc(CNCC(=O)O)c(Cl)cc1OCc1ccc(F)cc1Cl. The topological polar surface area (TPSA) is 67.8 Å². The first-order valence-electron chi connectivity index (χ1n) is 7.85. The molecule has 0 saturated carbocycles. The van der Waals surface area contributed by atoms with Crippen molar-refractivity contribution in [2.75, 3.05) is 13.2 Å². The predicted molar refractivity (Wildman–Crippen MR) is 97.7 cm³/mol. The van der Waals surface area contributed by atoms with Crippen LogP contribution in [0, 0.1) is 5.82 Å². The van der Waals surface area contributed by atoms with E-state index in [9.17, 15) is 9.18 Å². The molecule has 2 rings (SSSR count). The largest absolute Gasteiger partial charge is 0.490 e. The van der Waals surface area contributed by atoms with Gasteiger partial charge >= 0.3 is 5.97 Å². The van der Waals surface area contributed by atoms with E-state index in [-0.39, 0.29) is 24.7 Å². The standard InChI is InChI=1S/C18H18Cl2FNO4/c1-2-25-16-5-12(8-22-9-18(23)24)15(20)7-17(16)26-10-11-3-4-13(21)6-14(11)19/h3-7,22H,2,8-10H2,1H3,(H,23,24). The molecule has 0 amide bonds. The Balaban J connectivity index is 2.15. The highest BCUT2D eigenvalue weighted by molar-refractivity contribution is 6.31. The minimum atomic E-state index is -0.956. The zero-order valence-electron chi connectivity index (χ0n) is 14.0. The Kier molecular flexibility index (Phi) is 7.50. The molecule has 0 saturated heterocycles. The molecule has 2 aromatic carbocycles. The number of benzene rings is 2. The summed E-state index contributed by atoms with van der Waals surface area (Å²) < 4.78 is 24.4. The first-order chi connectivity index (χ1) is 12.4. The van der Waals surface area contributed by atoms with Crippen LogP contribution in [0.4, 0.5) is 4.39 Å². The maximum atomic E-state index is 13.1. The fourth-order valence-corrected chi connectivity index (χ4v) is 2.63. The lowest BCUT2D eigenvalue weighted by atomic mass is 10.2. The van der Waals surface area contributed by atoms with E-state index >= 15 is 0 Å². The Hall–Kier alpha value is -2.02. The van der Waals surface area contributed by atoms with Gasteiger partial charge in [0.1, 0.15) is 12.4 Å². The molecule has 0 aliphatic heterocycles. The third kappa shape index (κ3) is 5.76. The number of halogens is 3. The first-order valence-corrected chi connectivity index (χ1v) is 8.60. The van der Waals surface area contributed by atoms with Gasteiger partial charge in [0.25, 0.3) is 0 Å². The number of ether oxygens (including phenoxy) is 2. The molecule has 0 aliphatic rings. The average Bonchev–Trinajstić information content (AvgIpc) is 2.57. The van der Waals surface area contributed by atoms with Crippen LogP contribution in [-0.4, -0.2) is 24.2 Å². The Morgan fingerprint density at radius 2 is 1.81 bits per heavy atom. The number of carboxylic acid groups (broad SMARTS) is 1. The van der Waals surface area contributed by atoms with Crippen LogP contribution in [0.25, 0.3) is 0 Å². The van der Waals surface area contributed by atoms with Crippen LogP contribution in [0.3, 0.4) is 0 Å². The van der Waals surface area contributed by atoms with E-state index in [1.54, 1.807) is 18.2 Å². The van der Waals surface area contributed by atoms with Crippen molar-refractivity contribution in [3.05, 3.63) is 57.3 Å². The molecule has 0 radical (unpaired) electrons. The Bertz CT molecular complexity index is 786. The fraction of sp³-hybridized carbons (Fsp3) is 0.278. The van der Waals surface area contributed by atoms with Gasteiger partial charge in [-0.1, -0.05) is 29.3 Å². The Morgan fingerprint density at radius 1 is 1.12 bits per heavy atom. The summed E-state index contributed by atoms with van der Waals surface area (Å²) in [6.07, 6.45) is 0. The predicted octanol–water partition coefficient (Wildman–Crippen LogP) is 4.28. The van der Waals surface area contributed by atoms with Gasteiger partial charge in [0.15, 0.2) is 11.5 Å². The molecule has 140 valence electrons. The second-order valence-corrected chi connectivity index (χ2v) is 6.16. The van der Waals surface area contributed by atoms with Crippen molar-refractivity contribution >= 4 is 29.2 Å². The summed E-state index contributed by atoms with van der Waals surface area (Å²) in [5, 5.41) is 12.1. The minimum absolute atomic E-state index is 0.117. The van der Waals surface area contributed by atoms with Gasteiger partial charge in [-0.3, -0.25) is 4.79 Å². The molecule has 0 aliphatic carbocycles. The summed E-state index contributed by atoms with van der Waals surface area (Å²) in [6, 6.07) is 7.36. The van der Waals surface area contributed by atoms with E-state index in [1.807, 2.05) is 6.92 Å². The molecule has 2 aromatic rings. The number of rotatable bonds is 9. The molecule has 0 atom stereocenters. The van der Waals surface area contributed by atoms with Gasteiger partial charge in [-0.25, -0.2) is 4.39 Å². The first kappa shape index (κ1) is 20.3. The van der Waals surface area contributed by atoms with E-state index in [1.165, 1.54) is 12.1 Å². The zero-order valence-corrected chi connectivity index (χ0v) is 15.5. The minimum Gasteiger partial charge on any atom is -0.490 e. The number of carbonyl (C=O) groups is 1. The number of hydrogen-bond donors (Lipinski definition) is 2. The van der Waals surface area contributed by atoms with Gasteiger partial charge < -0.3 is 19.9 Å². The van der Waals surface area contributed by atoms with Gasteiger partial charge in [-0.2, -0.15) is 0 Å². The molecule has 0 spiro atoms. The lowest BCUT2D eigenvalue weighted by molar-refractivity contribution is -0.135. The third-order valence-electron chi connectivity index (χ3n) is 3.40. The molecule has 2 N–H and O–H groups in total. The summed E-state index contributed by atoms with van der Waals surface area (Å²) in [5.41, 5.74) is 1.31. The lowest BCUT2D eigenvalue weighted by Crippen LogP contribution is -2.22. The molecule has 0 heterocycles. The van der Waals surface area contributed by atoms with Crippen molar-refractivity contribution in [3.8, 4) is 11.5 Å². The van der Waals surface area contributed by atoms with Crippen LogP contribution < -0.4 is 14.8 Å². The average molecular weight is 402 g/mol. The van der Waals surface area contributed by atoms with E-state index in [0.29, 0.717) is 34.3 Å². The van der Waals surface area contributed by atoms with Gasteiger partial charge in [0, 0.05) is 23.2 Å². The molecule has 0 bridgehead atoms. The molecule has 0 unspecified atom stereocenters. The van der Waals surface area contributed by atoms with Crippen molar-refractivity contribution < 1.29 is 23.8 Å². The van der Waals surface area contributed by atoms with Crippen molar-refractivity contribution in [3.63, 3.8) is 0 Å². The molecule has 0 fully saturated rings. The molecular weight excluding hydrogens is 384 g/mol. The molecular formula is C18H18Cl2FNO4. The van der Waals surface area contributed by atoms with Crippen LogP contribution >= 0.6 is 23.2 Å². The third-order valence-corrected chi connectivity index (χ3v) is 4.11. The highest BCUT2D eigenvalue weighted by atomic mass is 35.5. The van der Waals surface area contributed by atoms with Gasteiger partial charge in [-0.05, 0) is 30.7 Å². The second kappa shape index (κ2) is 9.62. The van der Waals surface area contributed by atoms with Crippen molar-refractivity contribution in [1.29, 1.82) is 0 Å². The summed E-state index contributed by atoms with van der Waals surface area (Å²) >= 11 is 12.3. The normalized spacial score (nSPS) is 10.6. The molecule has 26 heavy (non-hydrogen) atoms. The Labute approximate surface area is 160 Å². The van der Waals surface area contributed by atoms with Gasteiger partial charge in [0.2, 0.25) is 0 Å². The number of aliphatic carboxylic acids is 1. The van der Waals surface area contributed by atoms with Crippen LogP contribution in [0.15, 0.2) is 30.3 Å². The maximum absolute atomic E-state index is 13.1. The van der Waals surface area contributed by atoms with Crippen molar-refractivity contribution in [2.45, 2.75) is 20.1 Å². The zero-order chi connectivity index (χ0) is 19.1. The van der Waals surface area contributed by atoms with E-state index in [0.717, 1.165) is 0 Å².